The Labute approximate surface area is 68.4 Å². The highest BCUT2D eigenvalue weighted by Gasteiger charge is 1.96. The molecule has 0 aromatic carbocycles. The zero-order chi connectivity index (χ0) is 9.40. The summed E-state index contributed by atoms with van der Waals surface area (Å²) < 4.78 is 0. The molecule has 0 rings (SSSR count). The van der Waals surface area contributed by atoms with Gasteiger partial charge in [0, 0.05) is 12.2 Å². The van der Waals surface area contributed by atoms with Gasteiger partial charge in [-0.05, 0) is 0 Å². The summed E-state index contributed by atoms with van der Waals surface area (Å²) in [4.78, 5) is 24.6. The molecule has 0 radical (unpaired) electrons. The van der Waals surface area contributed by atoms with Crippen molar-refractivity contribution >= 4 is 11.9 Å². The molecule has 68 valence electrons. The van der Waals surface area contributed by atoms with Crippen molar-refractivity contribution in [3.63, 3.8) is 0 Å². The van der Waals surface area contributed by atoms with Crippen LogP contribution >= 0.6 is 0 Å². The molecule has 6 heteroatoms. The van der Waals surface area contributed by atoms with Crippen LogP contribution in [0.3, 0.4) is 0 Å². The second-order valence-corrected chi connectivity index (χ2v) is 1.71. The van der Waals surface area contributed by atoms with Gasteiger partial charge < -0.3 is 15.1 Å². The summed E-state index contributed by atoms with van der Waals surface area (Å²) in [7, 11) is 0. The average molecular weight is 175 g/mol. The molecule has 0 aliphatic rings. The monoisotopic (exact) mass is 175 g/mol. The zero-order valence-electron chi connectivity index (χ0n) is 6.19. The van der Waals surface area contributed by atoms with Crippen molar-refractivity contribution in [3.8, 4) is 0 Å². The first-order chi connectivity index (χ1) is 5.66. The smallest absolute Gasteiger partial charge is 0.349 e. The summed E-state index contributed by atoms with van der Waals surface area (Å²) in [6.45, 7) is -0.0669. The van der Waals surface area contributed by atoms with Gasteiger partial charge in [-0.2, -0.15) is 5.48 Å². The SMILES string of the molecule is O=C(O)/C=C\C(=O)ONCCO. The number of carbonyl (C=O) groups excluding carboxylic acids is 1. The Balaban J connectivity index is 3.53. The predicted molar refractivity (Wildman–Crippen MR) is 38.0 cm³/mol. The summed E-state index contributed by atoms with van der Waals surface area (Å²) in [5.74, 6) is -2.06. The van der Waals surface area contributed by atoms with Crippen LogP contribution in [0.15, 0.2) is 12.2 Å². The molecular formula is C6H9NO5. The second-order valence-electron chi connectivity index (χ2n) is 1.71. The van der Waals surface area contributed by atoms with Gasteiger partial charge in [0.1, 0.15) is 0 Å². The quantitative estimate of drug-likeness (QED) is 0.272. The molecule has 0 heterocycles. The fraction of sp³-hybridized carbons (Fsp3) is 0.333. The molecule has 0 aromatic rings. The Kier molecular flexibility index (Phi) is 5.58. The van der Waals surface area contributed by atoms with Crippen molar-refractivity contribution in [2.45, 2.75) is 0 Å². The van der Waals surface area contributed by atoms with E-state index in [9.17, 15) is 9.59 Å². The van der Waals surface area contributed by atoms with Crippen LogP contribution in [0.4, 0.5) is 0 Å². The van der Waals surface area contributed by atoms with Crippen molar-refractivity contribution in [1.82, 2.24) is 5.48 Å². The van der Waals surface area contributed by atoms with Crippen molar-refractivity contribution in [1.29, 1.82) is 0 Å². The number of hydroxylamine groups is 1. The predicted octanol–water partition coefficient (Wildman–Crippen LogP) is -1.33. The summed E-state index contributed by atoms with van der Waals surface area (Å²) >= 11 is 0. The summed E-state index contributed by atoms with van der Waals surface area (Å²) in [6.07, 6.45) is 1.41. The van der Waals surface area contributed by atoms with Crippen LogP contribution in [0.5, 0.6) is 0 Å². The van der Waals surface area contributed by atoms with Gasteiger partial charge in [0.2, 0.25) is 0 Å². The number of aliphatic hydroxyl groups excluding tert-OH is 1. The lowest BCUT2D eigenvalue weighted by Crippen LogP contribution is -2.21. The number of hydrogen-bond acceptors (Lipinski definition) is 5. The Morgan fingerprint density at radius 3 is 2.58 bits per heavy atom. The summed E-state index contributed by atoms with van der Waals surface area (Å²) in [5.41, 5.74) is 2.11. The van der Waals surface area contributed by atoms with Gasteiger partial charge in [-0.1, -0.05) is 0 Å². The minimum Gasteiger partial charge on any atom is -0.478 e. The van der Waals surface area contributed by atoms with Gasteiger partial charge in [0.05, 0.1) is 13.2 Å². The van der Waals surface area contributed by atoms with E-state index in [0.29, 0.717) is 6.08 Å². The van der Waals surface area contributed by atoms with Crippen LogP contribution in [-0.4, -0.2) is 35.3 Å². The third-order valence-corrected chi connectivity index (χ3v) is 0.749. The second kappa shape index (κ2) is 6.32. The number of carboxylic acids is 1. The van der Waals surface area contributed by atoms with Gasteiger partial charge in [-0.25, -0.2) is 9.59 Å². The van der Waals surface area contributed by atoms with Gasteiger partial charge in [0.25, 0.3) is 0 Å². The summed E-state index contributed by atoms with van der Waals surface area (Å²) in [5, 5.41) is 16.3. The van der Waals surface area contributed by atoms with Crippen LogP contribution in [0.25, 0.3) is 0 Å². The highest BCUT2D eigenvalue weighted by Crippen LogP contribution is 1.77. The first-order valence-corrected chi connectivity index (χ1v) is 3.12. The van der Waals surface area contributed by atoms with Crippen LogP contribution in [0, 0.1) is 0 Å². The summed E-state index contributed by atoms with van der Waals surface area (Å²) in [6, 6.07) is 0. The molecule has 0 aliphatic heterocycles. The number of carboxylic acid groups (broad SMARTS) is 1. The number of hydrogen-bond donors (Lipinski definition) is 3. The molecule has 0 atom stereocenters. The molecule has 3 N–H and O–H groups in total. The van der Waals surface area contributed by atoms with Crippen molar-refractivity contribution in [2.75, 3.05) is 13.2 Å². The van der Waals surface area contributed by atoms with E-state index >= 15 is 0 Å². The first-order valence-electron chi connectivity index (χ1n) is 3.12. The molecule has 0 aromatic heterocycles. The Bertz CT molecular complexity index is 188. The standard InChI is InChI=1S/C6H9NO5/c8-4-3-7-12-6(11)2-1-5(9)10/h1-2,7-8H,3-4H2,(H,9,10)/b2-1-. The van der Waals surface area contributed by atoms with Crippen molar-refractivity contribution in [2.24, 2.45) is 0 Å². The largest absolute Gasteiger partial charge is 0.478 e. The third kappa shape index (κ3) is 6.72. The van der Waals surface area contributed by atoms with E-state index < -0.39 is 11.9 Å². The topological polar surface area (TPSA) is 95.9 Å². The Morgan fingerprint density at radius 1 is 1.42 bits per heavy atom. The lowest BCUT2D eigenvalue weighted by molar-refractivity contribution is -0.145. The molecule has 0 spiro atoms. The highest BCUT2D eigenvalue weighted by atomic mass is 16.7. The van der Waals surface area contributed by atoms with E-state index in [1.807, 2.05) is 0 Å². The highest BCUT2D eigenvalue weighted by molar-refractivity contribution is 5.90. The molecule has 0 unspecified atom stereocenters. The molecule has 6 nitrogen and oxygen atoms in total. The van der Waals surface area contributed by atoms with Crippen LogP contribution in [0.1, 0.15) is 0 Å². The molecule has 12 heavy (non-hydrogen) atoms. The minimum absolute atomic E-state index is 0.104. The van der Waals surface area contributed by atoms with Gasteiger partial charge >= 0.3 is 11.9 Å². The maximum Gasteiger partial charge on any atom is 0.349 e. The van der Waals surface area contributed by atoms with Crippen LogP contribution < -0.4 is 5.48 Å². The van der Waals surface area contributed by atoms with E-state index in [1.165, 1.54) is 0 Å². The van der Waals surface area contributed by atoms with Crippen molar-refractivity contribution in [3.05, 3.63) is 12.2 Å². The maximum atomic E-state index is 10.5. The third-order valence-electron chi connectivity index (χ3n) is 0.749. The minimum atomic E-state index is -1.23. The Hall–Kier alpha value is -1.40. The van der Waals surface area contributed by atoms with Gasteiger partial charge in [-0.3, -0.25) is 0 Å². The van der Waals surface area contributed by atoms with E-state index in [4.69, 9.17) is 10.2 Å². The lowest BCUT2D eigenvalue weighted by Gasteiger charge is -1.98. The molecule has 0 bridgehead atoms. The molecule has 0 saturated heterocycles. The molecule has 0 fully saturated rings. The molecule has 0 aliphatic carbocycles. The number of carbonyl (C=O) groups is 2. The van der Waals surface area contributed by atoms with Crippen LogP contribution in [0.2, 0.25) is 0 Å². The first kappa shape index (κ1) is 10.6. The number of aliphatic carboxylic acids is 1. The van der Waals surface area contributed by atoms with Crippen molar-refractivity contribution < 1.29 is 24.6 Å². The van der Waals surface area contributed by atoms with E-state index in [1.54, 1.807) is 0 Å². The van der Waals surface area contributed by atoms with E-state index in [0.717, 1.165) is 6.08 Å². The van der Waals surface area contributed by atoms with Crippen LogP contribution in [-0.2, 0) is 14.4 Å². The fourth-order valence-corrected chi connectivity index (χ4v) is 0.341. The number of nitrogens with one attached hydrogen (secondary N) is 1. The number of rotatable bonds is 5. The van der Waals surface area contributed by atoms with E-state index in [2.05, 4.69) is 10.3 Å². The Morgan fingerprint density at radius 2 is 2.08 bits per heavy atom. The van der Waals surface area contributed by atoms with Gasteiger partial charge in [-0.15, -0.1) is 0 Å². The lowest BCUT2D eigenvalue weighted by atomic mass is 10.5. The van der Waals surface area contributed by atoms with Gasteiger partial charge in [0.15, 0.2) is 0 Å². The van der Waals surface area contributed by atoms with E-state index in [-0.39, 0.29) is 13.2 Å². The zero-order valence-corrected chi connectivity index (χ0v) is 6.19. The molecule has 0 amide bonds. The molecule has 0 saturated carbocycles. The number of aliphatic hydroxyl groups is 1. The normalized spacial score (nSPS) is 10.1. The fourth-order valence-electron chi connectivity index (χ4n) is 0.341. The maximum absolute atomic E-state index is 10.5. The average Bonchev–Trinajstić information content (AvgIpc) is 2.01. The molecular weight excluding hydrogens is 166 g/mol.